The van der Waals surface area contributed by atoms with Gasteiger partial charge in [0.05, 0.1) is 16.2 Å². The first-order valence-electron chi connectivity index (χ1n) is 12.0. The van der Waals surface area contributed by atoms with E-state index in [1.807, 2.05) is 0 Å². The summed E-state index contributed by atoms with van der Waals surface area (Å²) >= 11 is 0. The maximum Gasteiger partial charge on any atom is 1.00 e. The van der Waals surface area contributed by atoms with Gasteiger partial charge in [0, 0.05) is 5.25 Å². The zero-order valence-electron chi connectivity index (χ0n) is 19.7. The second-order valence-electron chi connectivity index (χ2n) is 8.52. The SMILES string of the molecule is CCCCCCCCCCCCC(CCC(O)CCCCCCC)S(=O)(=O)[O-].[Na+]. The van der Waals surface area contributed by atoms with E-state index in [1.54, 1.807) is 0 Å². The van der Waals surface area contributed by atoms with Gasteiger partial charge in [-0.2, -0.15) is 0 Å². The minimum absolute atomic E-state index is 0. The Labute approximate surface area is 204 Å². The molecule has 6 heteroatoms. The molecule has 0 aliphatic carbocycles. The molecule has 0 heterocycles. The summed E-state index contributed by atoms with van der Waals surface area (Å²) in [5, 5.41) is 9.25. The molecule has 0 aromatic heterocycles. The summed E-state index contributed by atoms with van der Waals surface area (Å²) in [6, 6.07) is 0. The van der Waals surface area contributed by atoms with Gasteiger partial charge in [0.25, 0.3) is 0 Å². The van der Waals surface area contributed by atoms with Crippen LogP contribution >= 0.6 is 0 Å². The van der Waals surface area contributed by atoms with Crippen molar-refractivity contribution in [1.82, 2.24) is 0 Å². The quantitative estimate of drug-likeness (QED) is 0.167. The molecule has 0 radical (unpaired) electrons. The predicted molar refractivity (Wildman–Crippen MR) is 119 cm³/mol. The van der Waals surface area contributed by atoms with Crippen LogP contribution in [0.5, 0.6) is 0 Å². The van der Waals surface area contributed by atoms with E-state index in [1.165, 1.54) is 64.2 Å². The van der Waals surface area contributed by atoms with E-state index in [9.17, 15) is 18.1 Å². The van der Waals surface area contributed by atoms with Crippen molar-refractivity contribution < 1.29 is 47.6 Å². The van der Waals surface area contributed by atoms with Gasteiger partial charge in [0.15, 0.2) is 0 Å². The van der Waals surface area contributed by atoms with Crippen molar-refractivity contribution in [2.45, 2.75) is 147 Å². The topological polar surface area (TPSA) is 77.4 Å². The van der Waals surface area contributed by atoms with Crippen LogP contribution in [0.15, 0.2) is 0 Å². The summed E-state index contributed by atoms with van der Waals surface area (Å²) in [5.74, 6) is 0. The molecular weight excluding hydrogens is 395 g/mol. The molecule has 29 heavy (non-hydrogen) atoms. The van der Waals surface area contributed by atoms with Gasteiger partial charge >= 0.3 is 29.6 Å². The second kappa shape index (κ2) is 22.1. The molecule has 2 unspecified atom stereocenters. The molecule has 170 valence electrons. The van der Waals surface area contributed by atoms with E-state index in [-0.39, 0.29) is 29.6 Å². The normalized spacial score (nSPS) is 13.8. The Morgan fingerprint density at radius 1 is 0.621 bits per heavy atom. The van der Waals surface area contributed by atoms with Crippen molar-refractivity contribution in [3.63, 3.8) is 0 Å². The Morgan fingerprint density at radius 3 is 1.41 bits per heavy atom. The minimum Gasteiger partial charge on any atom is -0.748 e. The first kappa shape index (κ1) is 32.1. The van der Waals surface area contributed by atoms with Gasteiger partial charge in [-0.05, 0) is 25.7 Å². The Morgan fingerprint density at radius 2 is 1.00 bits per heavy atom. The first-order chi connectivity index (χ1) is 13.4. The van der Waals surface area contributed by atoms with Gasteiger partial charge in [-0.25, -0.2) is 8.42 Å². The fraction of sp³-hybridized carbons (Fsp3) is 1.00. The molecule has 4 nitrogen and oxygen atoms in total. The first-order valence-corrected chi connectivity index (χ1v) is 13.5. The molecule has 0 rings (SSSR count). The van der Waals surface area contributed by atoms with Crippen molar-refractivity contribution in [2.75, 3.05) is 0 Å². The third kappa shape index (κ3) is 21.9. The van der Waals surface area contributed by atoms with Crippen LogP contribution < -0.4 is 29.6 Å². The fourth-order valence-corrected chi connectivity index (χ4v) is 4.68. The average Bonchev–Trinajstić information content (AvgIpc) is 2.64. The zero-order chi connectivity index (χ0) is 21.1. The molecule has 0 fully saturated rings. The Bertz CT molecular complexity index is 429. The van der Waals surface area contributed by atoms with Gasteiger partial charge in [-0.3, -0.25) is 0 Å². The van der Waals surface area contributed by atoms with E-state index in [4.69, 9.17) is 0 Å². The van der Waals surface area contributed by atoms with Crippen molar-refractivity contribution in [3.05, 3.63) is 0 Å². The average molecular weight is 443 g/mol. The fourth-order valence-electron chi connectivity index (χ4n) is 3.80. The maximum atomic E-state index is 11.5. The molecule has 2 atom stereocenters. The van der Waals surface area contributed by atoms with Crippen LogP contribution in [-0.2, 0) is 10.1 Å². The van der Waals surface area contributed by atoms with E-state index in [0.29, 0.717) is 25.7 Å². The largest absolute Gasteiger partial charge is 1.00 e. The maximum absolute atomic E-state index is 11.5. The second-order valence-corrected chi connectivity index (χ2v) is 10.2. The molecule has 0 aromatic carbocycles. The molecule has 0 saturated carbocycles. The third-order valence-electron chi connectivity index (χ3n) is 5.75. The Kier molecular flexibility index (Phi) is 24.4. The van der Waals surface area contributed by atoms with E-state index < -0.39 is 21.5 Å². The van der Waals surface area contributed by atoms with Gasteiger partial charge in [0.1, 0.15) is 0 Å². The number of unbranched alkanes of at least 4 members (excludes halogenated alkanes) is 13. The third-order valence-corrected chi connectivity index (χ3v) is 7.04. The standard InChI is InChI=1S/C23H48O4S.Na/c1-3-5-7-9-10-11-12-13-15-17-19-23(28(25,26)27)21-20-22(24)18-16-14-8-6-4-2;/h22-24H,3-21H2,1-2H3,(H,25,26,27);/q;+1/p-1. The Hall–Kier alpha value is 0.870. The molecule has 0 spiro atoms. The number of aliphatic hydroxyl groups is 1. The summed E-state index contributed by atoms with van der Waals surface area (Å²) in [5.41, 5.74) is 0. The van der Waals surface area contributed by atoms with Crippen LogP contribution in [0.1, 0.15) is 136 Å². The van der Waals surface area contributed by atoms with Crippen LogP contribution in [0.4, 0.5) is 0 Å². The van der Waals surface area contributed by atoms with Crippen LogP contribution in [0, 0.1) is 0 Å². The van der Waals surface area contributed by atoms with Crippen molar-refractivity contribution in [1.29, 1.82) is 0 Å². The summed E-state index contributed by atoms with van der Waals surface area (Å²) in [4.78, 5) is 0. The van der Waals surface area contributed by atoms with Crippen LogP contribution in [0.2, 0.25) is 0 Å². The van der Waals surface area contributed by atoms with Crippen LogP contribution in [-0.4, -0.2) is 29.4 Å². The van der Waals surface area contributed by atoms with Gasteiger partial charge in [0.2, 0.25) is 0 Å². The monoisotopic (exact) mass is 442 g/mol. The molecule has 0 aliphatic rings. The summed E-state index contributed by atoms with van der Waals surface area (Å²) in [6.45, 7) is 4.40. The van der Waals surface area contributed by atoms with Gasteiger partial charge < -0.3 is 9.66 Å². The number of hydrogen-bond acceptors (Lipinski definition) is 4. The molecule has 0 saturated heterocycles. The van der Waals surface area contributed by atoms with Crippen molar-refractivity contribution in [2.24, 2.45) is 0 Å². The molecule has 0 aliphatic heterocycles. The van der Waals surface area contributed by atoms with Gasteiger partial charge in [-0.15, -0.1) is 0 Å². The van der Waals surface area contributed by atoms with Crippen molar-refractivity contribution >= 4 is 10.1 Å². The number of hydrogen-bond donors (Lipinski definition) is 1. The summed E-state index contributed by atoms with van der Waals surface area (Å²) in [6.07, 6.45) is 19.1. The predicted octanol–water partition coefficient (Wildman–Crippen LogP) is 3.72. The number of aliphatic hydroxyl groups excluding tert-OH is 1. The van der Waals surface area contributed by atoms with E-state index >= 15 is 0 Å². The summed E-state index contributed by atoms with van der Waals surface area (Å²) < 4.78 is 34.6. The van der Waals surface area contributed by atoms with Crippen molar-refractivity contribution in [3.8, 4) is 0 Å². The Balaban J connectivity index is 0. The molecular formula is C23H47NaO4S. The van der Waals surface area contributed by atoms with Gasteiger partial charge in [-0.1, -0.05) is 110 Å². The smallest absolute Gasteiger partial charge is 0.748 e. The van der Waals surface area contributed by atoms with Crippen LogP contribution in [0.3, 0.4) is 0 Å². The molecule has 0 aromatic rings. The van der Waals surface area contributed by atoms with E-state index in [2.05, 4.69) is 13.8 Å². The van der Waals surface area contributed by atoms with E-state index in [0.717, 1.165) is 32.1 Å². The minimum atomic E-state index is -4.26. The summed E-state index contributed by atoms with van der Waals surface area (Å²) in [7, 11) is -4.26. The molecule has 1 N–H and O–H groups in total. The molecule has 0 amide bonds. The number of rotatable bonds is 21. The van der Waals surface area contributed by atoms with Crippen LogP contribution in [0.25, 0.3) is 0 Å². The molecule has 0 bridgehead atoms. The zero-order valence-corrected chi connectivity index (χ0v) is 22.5.